The minimum atomic E-state index is -0.0516. The Morgan fingerprint density at radius 2 is 1.88 bits per heavy atom. The SMILES string of the molecule is CCc1c(C(=O)N(C)Cc2ccc(C)o2)cnn1-c1ccc(C)cc1. The number of aryl methyl sites for hydroxylation is 2. The van der Waals surface area contributed by atoms with Crippen molar-refractivity contribution < 1.29 is 9.21 Å². The number of carbonyl (C=O) groups excluding carboxylic acids is 1. The Balaban J connectivity index is 1.86. The van der Waals surface area contributed by atoms with Gasteiger partial charge in [-0.05, 0) is 44.5 Å². The zero-order chi connectivity index (χ0) is 18.0. The van der Waals surface area contributed by atoms with Crippen molar-refractivity contribution >= 4 is 5.91 Å². The van der Waals surface area contributed by atoms with Crippen molar-refractivity contribution in [3.63, 3.8) is 0 Å². The molecule has 0 aliphatic rings. The zero-order valence-electron chi connectivity index (χ0n) is 15.1. The molecular weight excluding hydrogens is 314 g/mol. The average molecular weight is 337 g/mol. The molecule has 0 spiro atoms. The van der Waals surface area contributed by atoms with E-state index in [1.807, 2.05) is 61.9 Å². The summed E-state index contributed by atoms with van der Waals surface area (Å²) in [5.74, 6) is 1.57. The molecule has 0 N–H and O–H groups in total. The fourth-order valence-electron chi connectivity index (χ4n) is 2.88. The van der Waals surface area contributed by atoms with Gasteiger partial charge >= 0.3 is 0 Å². The highest BCUT2D eigenvalue weighted by Crippen LogP contribution is 2.19. The van der Waals surface area contributed by atoms with Gasteiger partial charge in [-0.25, -0.2) is 4.68 Å². The number of aromatic nitrogens is 2. The summed E-state index contributed by atoms with van der Waals surface area (Å²) in [4.78, 5) is 14.5. The third kappa shape index (κ3) is 3.50. The maximum Gasteiger partial charge on any atom is 0.257 e. The fourth-order valence-corrected chi connectivity index (χ4v) is 2.88. The maximum atomic E-state index is 12.9. The molecule has 0 atom stereocenters. The molecule has 2 heterocycles. The smallest absolute Gasteiger partial charge is 0.257 e. The van der Waals surface area contributed by atoms with Gasteiger partial charge in [0, 0.05) is 7.05 Å². The number of hydrogen-bond acceptors (Lipinski definition) is 3. The molecule has 3 rings (SSSR count). The molecule has 130 valence electrons. The molecule has 0 saturated heterocycles. The topological polar surface area (TPSA) is 51.3 Å². The van der Waals surface area contributed by atoms with E-state index in [9.17, 15) is 4.79 Å². The summed E-state index contributed by atoms with van der Waals surface area (Å²) in [6, 6.07) is 11.9. The summed E-state index contributed by atoms with van der Waals surface area (Å²) in [6.07, 6.45) is 2.38. The van der Waals surface area contributed by atoms with E-state index in [2.05, 4.69) is 5.10 Å². The predicted molar refractivity (Wildman–Crippen MR) is 96.9 cm³/mol. The van der Waals surface area contributed by atoms with E-state index >= 15 is 0 Å². The quantitative estimate of drug-likeness (QED) is 0.709. The Labute approximate surface area is 147 Å². The first-order valence-corrected chi connectivity index (χ1v) is 8.44. The number of hydrogen-bond donors (Lipinski definition) is 0. The van der Waals surface area contributed by atoms with Crippen molar-refractivity contribution in [1.29, 1.82) is 0 Å². The zero-order valence-corrected chi connectivity index (χ0v) is 15.1. The number of rotatable bonds is 5. The van der Waals surface area contributed by atoms with Crippen LogP contribution in [0, 0.1) is 13.8 Å². The second-order valence-corrected chi connectivity index (χ2v) is 6.28. The summed E-state index contributed by atoms with van der Waals surface area (Å²) < 4.78 is 7.41. The van der Waals surface area contributed by atoms with Gasteiger partial charge in [0.25, 0.3) is 5.91 Å². The molecule has 25 heavy (non-hydrogen) atoms. The third-order valence-corrected chi connectivity index (χ3v) is 4.25. The van der Waals surface area contributed by atoms with Gasteiger partial charge < -0.3 is 9.32 Å². The van der Waals surface area contributed by atoms with Gasteiger partial charge in [-0.3, -0.25) is 4.79 Å². The average Bonchev–Trinajstić information content (AvgIpc) is 3.20. The summed E-state index contributed by atoms with van der Waals surface area (Å²) in [7, 11) is 1.78. The van der Waals surface area contributed by atoms with E-state index in [0.29, 0.717) is 12.1 Å². The predicted octanol–water partition coefficient (Wildman–Crippen LogP) is 3.92. The van der Waals surface area contributed by atoms with Gasteiger partial charge in [-0.1, -0.05) is 24.6 Å². The number of nitrogens with zero attached hydrogens (tertiary/aromatic N) is 3. The molecule has 1 amide bonds. The van der Waals surface area contributed by atoms with Crippen molar-refractivity contribution in [3.8, 4) is 5.69 Å². The van der Waals surface area contributed by atoms with E-state index in [0.717, 1.165) is 29.3 Å². The monoisotopic (exact) mass is 337 g/mol. The van der Waals surface area contributed by atoms with Gasteiger partial charge in [0.05, 0.1) is 29.7 Å². The molecule has 2 aromatic heterocycles. The van der Waals surface area contributed by atoms with Gasteiger partial charge in [0.2, 0.25) is 0 Å². The van der Waals surface area contributed by atoms with Gasteiger partial charge in [-0.2, -0.15) is 5.10 Å². The standard InChI is InChI=1S/C20H23N3O2/c1-5-19-18(12-21-23(19)16-9-6-14(2)7-10-16)20(24)22(4)13-17-11-8-15(3)25-17/h6-12H,5,13H2,1-4H3. The molecule has 5 heteroatoms. The number of benzene rings is 1. The van der Waals surface area contributed by atoms with E-state index < -0.39 is 0 Å². The Kier molecular flexibility index (Phi) is 4.74. The Hall–Kier alpha value is -2.82. The molecular formula is C20H23N3O2. The Morgan fingerprint density at radius 1 is 1.16 bits per heavy atom. The molecule has 0 saturated carbocycles. The molecule has 0 aliphatic carbocycles. The molecule has 0 aliphatic heterocycles. The van der Waals surface area contributed by atoms with Gasteiger partial charge in [0.1, 0.15) is 11.5 Å². The van der Waals surface area contributed by atoms with Crippen LogP contribution in [-0.4, -0.2) is 27.6 Å². The van der Waals surface area contributed by atoms with Crippen LogP contribution < -0.4 is 0 Å². The van der Waals surface area contributed by atoms with E-state index in [1.165, 1.54) is 5.56 Å². The lowest BCUT2D eigenvalue weighted by molar-refractivity contribution is 0.0774. The molecule has 5 nitrogen and oxygen atoms in total. The lowest BCUT2D eigenvalue weighted by Gasteiger charge is -2.16. The largest absolute Gasteiger partial charge is 0.464 e. The van der Waals surface area contributed by atoms with Crippen LogP contribution in [-0.2, 0) is 13.0 Å². The summed E-state index contributed by atoms with van der Waals surface area (Å²) in [6.45, 7) is 6.42. The molecule has 3 aromatic rings. The van der Waals surface area contributed by atoms with Crippen molar-refractivity contribution in [3.05, 3.63) is 70.9 Å². The lowest BCUT2D eigenvalue weighted by Crippen LogP contribution is -2.26. The minimum Gasteiger partial charge on any atom is -0.464 e. The first kappa shape index (κ1) is 17.0. The van der Waals surface area contributed by atoms with Crippen LogP contribution in [0.25, 0.3) is 5.69 Å². The summed E-state index contributed by atoms with van der Waals surface area (Å²) >= 11 is 0. The van der Waals surface area contributed by atoms with Crippen LogP contribution in [0.5, 0.6) is 0 Å². The lowest BCUT2D eigenvalue weighted by atomic mass is 10.1. The minimum absolute atomic E-state index is 0.0516. The van der Waals surface area contributed by atoms with Gasteiger partial charge in [-0.15, -0.1) is 0 Å². The number of amides is 1. The van der Waals surface area contributed by atoms with Crippen LogP contribution >= 0.6 is 0 Å². The van der Waals surface area contributed by atoms with Crippen LogP contribution in [0.3, 0.4) is 0 Å². The maximum absolute atomic E-state index is 12.9. The highest BCUT2D eigenvalue weighted by molar-refractivity contribution is 5.95. The van der Waals surface area contributed by atoms with Crippen LogP contribution in [0.1, 0.15) is 40.1 Å². The molecule has 0 radical (unpaired) electrons. The fraction of sp³-hybridized carbons (Fsp3) is 0.300. The third-order valence-electron chi connectivity index (χ3n) is 4.25. The highest BCUT2D eigenvalue weighted by atomic mass is 16.3. The first-order valence-electron chi connectivity index (χ1n) is 8.44. The number of furan rings is 1. The van der Waals surface area contributed by atoms with Crippen LogP contribution in [0.2, 0.25) is 0 Å². The van der Waals surface area contributed by atoms with Crippen LogP contribution in [0.15, 0.2) is 47.0 Å². The normalized spacial score (nSPS) is 10.9. The van der Waals surface area contributed by atoms with Crippen molar-refractivity contribution in [2.45, 2.75) is 33.7 Å². The highest BCUT2D eigenvalue weighted by Gasteiger charge is 2.21. The summed E-state index contributed by atoms with van der Waals surface area (Å²) in [5.41, 5.74) is 3.70. The van der Waals surface area contributed by atoms with Crippen molar-refractivity contribution in [2.24, 2.45) is 0 Å². The van der Waals surface area contributed by atoms with Crippen molar-refractivity contribution in [2.75, 3.05) is 7.05 Å². The summed E-state index contributed by atoms with van der Waals surface area (Å²) in [5, 5.41) is 4.45. The van der Waals surface area contributed by atoms with Crippen molar-refractivity contribution in [1.82, 2.24) is 14.7 Å². The first-order chi connectivity index (χ1) is 12.0. The van der Waals surface area contributed by atoms with Crippen LogP contribution in [0.4, 0.5) is 0 Å². The Bertz CT molecular complexity index is 875. The molecule has 1 aromatic carbocycles. The second-order valence-electron chi connectivity index (χ2n) is 6.28. The number of carbonyl (C=O) groups is 1. The van der Waals surface area contributed by atoms with E-state index in [-0.39, 0.29) is 5.91 Å². The Morgan fingerprint density at radius 3 is 2.48 bits per heavy atom. The van der Waals surface area contributed by atoms with Gasteiger partial charge in [0.15, 0.2) is 0 Å². The molecule has 0 unspecified atom stereocenters. The van der Waals surface area contributed by atoms with E-state index in [4.69, 9.17) is 4.42 Å². The second kappa shape index (κ2) is 6.97. The molecule has 0 fully saturated rings. The molecule has 0 bridgehead atoms. The van der Waals surface area contributed by atoms with E-state index in [1.54, 1.807) is 18.1 Å².